The van der Waals surface area contributed by atoms with Crippen molar-refractivity contribution in [2.45, 2.75) is 83.6 Å². The third-order valence-electron chi connectivity index (χ3n) is 5.98. The molecule has 1 atom stereocenters. The highest BCUT2D eigenvalue weighted by atomic mass is 32.2. The number of thioether (sulfide) groups is 1. The molecule has 0 amide bonds. The summed E-state index contributed by atoms with van der Waals surface area (Å²) in [6, 6.07) is 13.4. The summed E-state index contributed by atoms with van der Waals surface area (Å²) in [5.41, 5.74) is 3.62. The van der Waals surface area contributed by atoms with Crippen molar-refractivity contribution in [2.75, 3.05) is 5.75 Å². The molecule has 0 bridgehead atoms. The maximum Gasteiger partial charge on any atom is 0.123 e. The molecule has 0 fully saturated rings. The normalized spacial score (nSPS) is 12.9. The molecule has 160 valence electrons. The zero-order valence-corrected chi connectivity index (χ0v) is 19.3. The van der Waals surface area contributed by atoms with E-state index in [-0.39, 0.29) is 17.3 Å². The van der Waals surface area contributed by atoms with Crippen molar-refractivity contribution >= 4 is 11.8 Å². The van der Waals surface area contributed by atoms with Gasteiger partial charge in [-0.05, 0) is 62.4 Å². The van der Waals surface area contributed by atoms with Gasteiger partial charge in [-0.25, -0.2) is 4.39 Å². The van der Waals surface area contributed by atoms with Crippen LogP contribution in [0.5, 0.6) is 0 Å². The number of unbranched alkanes of at least 4 members (excludes halogenated alkanes) is 2. The highest BCUT2D eigenvalue weighted by Crippen LogP contribution is 2.41. The third-order valence-corrected chi connectivity index (χ3v) is 7.41. The molecule has 0 radical (unpaired) electrons. The molecule has 0 saturated heterocycles. The van der Waals surface area contributed by atoms with Crippen LogP contribution in [0.4, 0.5) is 4.39 Å². The van der Waals surface area contributed by atoms with Gasteiger partial charge in [-0.1, -0.05) is 69.4 Å². The van der Waals surface area contributed by atoms with Crippen LogP contribution in [0, 0.1) is 18.2 Å². The van der Waals surface area contributed by atoms with Crippen LogP contribution >= 0.6 is 11.8 Å². The molecule has 2 aromatic rings. The molecule has 0 saturated carbocycles. The van der Waals surface area contributed by atoms with Crippen molar-refractivity contribution in [1.82, 2.24) is 0 Å². The number of hydrogen-bond donors (Lipinski definition) is 1. The molecule has 1 unspecified atom stereocenters. The minimum atomic E-state index is -0.306. The fourth-order valence-electron chi connectivity index (χ4n) is 3.90. The van der Waals surface area contributed by atoms with Crippen molar-refractivity contribution in [2.24, 2.45) is 5.41 Å². The van der Waals surface area contributed by atoms with Crippen LogP contribution in [-0.4, -0.2) is 17.0 Å². The standard InChI is InChI=1S/C26H37FOS/c1-5-7-15-26(21(4)28,16-8-6-2)19-29-25-14-9-20(3)17-23(25)18-22-10-12-24(27)13-11-22/h9-14,17,21,28H,5-8,15-16,18-19H2,1-4H3. The van der Waals surface area contributed by atoms with Gasteiger partial charge < -0.3 is 5.11 Å². The van der Waals surface area contributed by atoms with E-state index in [0.29, 0.717) is 0 Å². The number of aliphatic hydroxyl groups is 1. The van der Waals surface area contributed by atoms with Gasteiger partial charge >= 0.3 is 0 Å². The Bertz CT molecular complexity index is 731. The van der Waals surface area contributed by atoms with E-state index in [9.17, 15) is 9.50 Å². The molecule has 0 aliphatic rings. The maximum absolute atomic E-state index is 13.3. The van der Waals surface area contributed by atoms with E-state index in [1.165, 1.54) is 28.2 Å². The van der Waals surface area contributed by atoms with Gasteiger partial charge in [0.25, 0.3) is 0 Å². The summed E-state index contributed by atoms with van der Waals surface area (Å²) in [5.74, 6) is 0.741. The fourth-order valence-corrected chi connectivity index (χ4v) is 5.35. The molecule has 1 N–H and O–H groups in total. The largest absolute Gasteiger partial charge is 0.393 e. The van der Waals surface area contributed by atoms with Crippen LogP contribution in [0.25, 0.3) is 0 Å². The van der Waals surface area contributed by atoms with Crippen LogP contribution in [0.2, 0.25) is 0 Å². The predicted octanol–water partition coefficient (Wildman–Crippen LogP) is 7.56. The Labute approximate surface area is 181 Å². The lowest BCUT2D eigenvalue weighted by Gasteiger charge is -2.37. The summed E-state index contributed by atoms with van der Waals surface area (Å²) in [7, 11) is 0. The zero-order chi connectivity index (χ0) is 21.3. The second-order valence-corrected chi connectivity index (χ2v) is 9.47. The quantitative estimate of drug-likeness (QED) is 0.360. The van der Waals surface area contributed by atoms with E-state index in [0.717, 1.165) is 56.3 Å². The van der Waals surface area contributed by atoms with Crippen molar-refractivity contribution in [1.29, 1.82) is 0 Å². The van der Waals surface area contributed by atoms with Gasteiger partial charge in [0.2, 0.25) is 0 Å². The van der Waals surface area contributed by atoms with Crippen LogP contribution < -0.4 is 0 Å². The average Bonchev–Trinajstić information content (AvgIpc) is 2.70. The van der Waals surface area contributed by atoms with Gasteiger partial charge in [-0.3, -0.25) is 0 Å². The van der Waals surface area contributed by atoms with Gasteiger partial charge in [-0.15, -0.1) is 11.8 Å². The summed E-state index contributed by atoms with van der Waals surface area (Å²) in [4.78, 5) is 1.28. The molecule has 0 aromatic heterocycles. The second-order valence-electron chi connectivity index (χ2n) is 8.45. The smallest absolute Gasteiger partial charge is 0.123 e. The second kappa shape index (κ2) is 11.8. The van der Waals surface area contributed by atoms with Crippen LogP contribution in [0.1, 0.15) is 76.0 Å². The van der Waals surface area contributed by atoms with E-state index in [1.807, 2.05) is 30.8 Å². The van der Waals surface area contributed by atoms with Crippen molar-refractivity contribution in [3.05, 3.63) is 65.0 Å². The number of rotatable bonds is 12. The lowest BCUT2D eigenvalue weighted by atomic mass is 9.76. The summed E-state index contributed by atoms with van der Waals surface area (Å²) >= 11 is 1.88. The minimum Gasteiger partial charge on any atom is -0.393 e. The maximum atomic E-state index is 13.3. The molecule has 1 nitrogen and oxygen atoms in total. The summed E-state index contributed by atoms with van der Waals surface area (Å²) in [6.07, 6.45) is 7.28. The summed E-state index contributed by atoms with van der Waals surface area (Å²) < 4.78 is 13.3. The number of aliphatic hydroxyl groups excluding tert-OH is 1. The van der Waals surface area contributed by atoms with Crippen LogP contribution in [0.3, 0.4) is 0 Å². The van der Waals surface area contributed by atoms with E-state index in [1.54, 1.807) is 0 Å². The number of hydrogen-bond acceptors (Lipinski definition) is 2. The predicted molar refractivity (Wildman–Crippen MR) is 124 cm³/mol. The third kappa shape index (κ3) is 7.15. The van der Waals surface area contributed by atoms with Crippen molar-refractivity contribution in [3.8, 4) is 0 Å². The summed E-state index contributed by atoms with van der Waals surface area (Å²) in [5, 5.41) is 10.7. The average molecular weight is 417 g/mol. The van der Waals surface area contributed by atoms with E-state index in [4.69, 9.17) is 0 Å². The lowest BCUT2D eigenvalue weighted by Crippen LogP contribution is -2.36. The fraction of sp³-hybridized carbons (Fsp3) is 0.538. The van der Waals surface area contributed by atoms with Gasteiger partial charge in [0, 0.05) is 16.1 Å². The van der Waals surface area contributed by atoms with Crippen molar-refractivity contribution in [3.63, 3.8) is 0 Å². The Kier molecular flexibility index (Phi) is 9.71. The molecule has 0 heterocycles. The van der Waals surface area contributed by atoms with E-state index < -0.39 is 0 Å². The Morgan fingerprint density at radius 1 is 1.00 bits per heavy atom. The van der Waals surface area contributed by atoms with Crippen LogP contribution in [0.15, 0.2) is 47.4 Å². The van der Waals surface area contributed by atoms with Crippen molar-refractivity contribution < 1.29 is 9.50 Å². The molecule has 29 heavy (non-hydrogen) atoms. The molecule has 0 aliphatic carbocycles. The Morgan fingerprint density at radius 2 is 1.62 bits per heavy atom. The highest BCUT2D eigenvalue weighted by molar-refractivity contribution is 7.99. The first-order valence-corrected chi connectivity index (χ1v) is 12.0. The Morgan fingerprint density at radius 3 is 2.17 bits per heavy atom. The highest BCUT2D eigenvalue weighted by Gasteiger charge is 2.34. The molecule has 2 aromatic carbocycles. The molecular weight excluding hydrogens is 379 g/mol. The lowest BCUT2D eigenvalue weighted by molar-refractivity contribution is 0.0391. The molecular formula is C26H37FOS. The molecule has 2 rings (SSSR count). The van der Waals surface area contributed by atoms with Crippen LogP contribution in [-0.2, 0) is 6.42 Å². The number of aryl methyl sites for hydroxylation is 1. The minimum absolute atomic E-state index is 0.0330. The van der Waals surface area contributed by atoms with E-state index >= 15 is 0 Å². The SMILES string of the molecule is CCCCC(CCCC)(CSc1ccc(C)cc1Cc1ccc(F)cc1)C(C)O. The topological polar surface area (TPSA) is 20.2 Å². The van der Waals surface area contributed by atoms with Gasteiger partial charge in [-0.2, -0.15) is 0 Å². The first-order chi connectivity index (χ1) is 13.9. The molecule has 3 heteroatoms. The van der Waals surface area contributed by atoms with Gasteiger partial charge in [0.15, 0.2) is 0 Å². The Balaban J connectivity index is 2.22. The molecule has 0 spiro atoms. The molecule has 0 aliphatic heterocycles. The first-order valence-electron chi connectivity index (χ1n) is 11.0. The Hall–Kier alpha value is -1.32. The van der Waals surface area contributed by atoms with Gasteiger partial charge in [0.1, 0.15) is 5.82 Å². The summed E-state index contributed by atoms with van der Waals surface area (Å²) in [6.45, 7) is 8.53. The number of benzene rings is 2. The zero-order valence-electron chi connectivity index (χ0n) is 18.5. The first kappa shape index (κ1) is 24.0. The van der Waals surface area contributed by atoms with E-state index in [2.05, 4.69) is 39.0 Å². The number of halogens is 1. The monoisotopic (exact) mass is 416 g/mol. The van der Waals surface area contributed by atoms with Gasteiger partial charge in [0.05, 0.1) is 6.10 Å².